The first-order chi connectivity index (χ1) is 14.5. The number of aryl methyl sites for hydroxylation is 2. The SMILES string of the molecule is C=C(C)CCC1(CCC(=C)C)C(=O)C(C(=O)C=Cc2ccc(C)c(C)c2)C(=O)C=C1O. The first-order valence-electron chi connectivity index (χ1n) is 10.5. The van der Waals surface area contributed by atoms with Crippen molar-refractivity contribution in [3.05, 3.63) is 77.1 Å². The van der Waals surface area contributed by atoms with Crippen molar-refractivity contribution in [3.8, 4) is 0 Å². The predicted octanol–water partition coefficient (Wildman–Crippen LogP) is 5.79. The molecule has 0 saturated heterocycles. The third-order valence-corrected chi connectivity index (χ3v) is 6.00. The molecule has 0 amide bonds. The van der Waals surface area contributed by atoms with Crippen LogP contribution in [0.25, 0.3) is 6.08 Å². The Bertz CT molecular complexity index is 972. The van der Waals surface area contributed by atoms with Gasteiger partial charge in [0, 0.05) is 6.08 Å². The van der Waals surface area contributed by atoms with Crippen LogP contribution in [-0.2, 0) is 14.4 Å². The van der Waals surface area contributed by atoms with Crippen molar-refractivity contribution in [1.29, 1.82) is 0 Å². The average Bonchev–Trinajstić information content (AvgIpc) is 2.68. The molecular weight excluding hydrogens is 388 g/mol. The number of ketones is 3. The van der Waals surface area contributed by atoms with Gasteiger partial charge < -0.3 is 5.11 Å². The zero-order chi connectivity index (χ0) is 23.3. The summed E-state index contributed by atoms with van der Waals surface area (Å²) in [4.78, 5) is 39.0. The number of hydrogen-bond donors (Lipinski definition) is 1. The van der Waals surface area contributed by atoms with E-state index in [0.29, 0.717) is 25.7 Å². The minimum Gasteiger partial charge on any atom is -0.511 e. The van der Waals surface area contributed by atoms with E-state index < -0.39 is 28.7 Å². The van der Waals surface area contributed by atoms with Gasteiger partial charge in [-0.25, -0.2) is 0 Å². The number of rotatable bonds is 9. The van der Waals surface area contributed by atoms with E-state index in [1.807, 2.05) is 45.9 Å². The van der Waals surface area contributed by atoms with Gasteiger partial charge in [-0.15, -0.1) is 13.2 Å². The summed E-state index contributed by atoms with van der Waals surface area (Å²) in [6.45, 7) is 15.4. The lowest BCUT2D eigenvalue weighted by Crippen LogP contribution is -2.47. The number of hydrogen-bond acceptors (Lipinski definition) is 4. The molecule has 0 radical (unpaired) electrons. The molecule has 4 heteroatoms. The molecule has 0 aliphatic heterocycles. The zero-order valence-electron chi connectivity index (χ0n) is 19.0. The first-order valence-corrected chi connectivity index (χ1v) is 10.5. The summed E-state index contributed by atoms with van der Waals surface area (Å²) in [5.74, 6) is -3.46. The lowest BCUT2D eigenvalue weighted by molar-refractivity contribution is -0.143. The molecule has 1 aromatic rings. The molecule has 1 aromatic carbocycles. The summed E-state index contributed by atoms with van der Waals surface area (Å²) in [5, 5.41) is 10.7. The molecule has 31 heavy (non-hydrogen) atoms. The van der Waals surface area contributed by atoms with E-state index in [4.69, 9.17) is 0 Å². The van der Waals surface area contributed by atoms with E-state index in [1.165, 1.54) is 6.08 Å². The smallest absolute Gasteiger partial charge is 0.177 e. The Morgan fingerprint density at radius 3 is 2.16 bits per heavy atom. The molecule has 1 aliphatic rings. The Morgan fingerprint density at radius 2 is 1.65 bits per heavy atom. The van der Waals surface area contributed by atoms with Gasteiger partial charge in [-0.2, -0.15) is 0 Å². The Morgan fingerprint density at radius 1 is 1.06 bits per heavy atom. The Kier molecular flexibility index (Phi) is 7.72. The lowest BCUT2D eigenvalue weighted by atomic mass is 9.64. The van der Waals surface area contributed by atoms with E-state index in [0.717, 1.165) is 33.9 Å². The van der Waals surface area contributed by atoms with Crippen LogP contribution in [-0.4, -0.2) is 22.5 Å². The second kappa shape index (κ2) is 9.86. The van der Waals surface area contributed by atoms with Gasteiger partial charge in [-0.05, 0) is 76.1 Å². The number of carbonyl (C=O) groups is 3. The highest BCUT2D eigenvalue weighted by atomic mass is 16.3. The summed E-state index contributed by atoms with van der Waals surface area (Å²) >= 11 is 0. The molecule has 164 valence electrons. The zero-order valence-corrected chi connectivity index (χ0v) is 19.0. The molecule has 1 unspecified atom stereocenters. The second-order valence-corrected chi connectivity index (χ2v) is 8.80. The molecule has 0 aromatic heterocycles. The van der Waals surface area contributed by atoms with Crippen molar-refractivity contribution in [2.45, 2.75) is 53.4 Å². The van der Waals surface area contributed by atoms with Gasteiger partial charge in [-0.1, -0.05) is 35.4 Å². The molecule has 0 fully saturated rings. The van der Waals surface area contributed by atoms with Gasteiger partial charge in [0.2, 0.25) is 0 Å². The highest BCUT2D eigenvalue weighted by Gasteiger charge is 2.51. The largest absolute Gasteiger partial charge is 0.511 e. The normalized spacial score (nSPS) is 18.2. The molecule has 0 bridgehead atoms. The molecule has 0 spiro atoms. The van der Waals surface area contributed by atoms with E-state index in [1.54, 1.807) is 6.08 Å². The van der Waals surface area contributed by atoms with E-state index in [2.05, 4.69) is 13.2 Å². The maximum atomic E-state index is 13.5. The van der Waals surface area contributed by atoms with Crippen molar-refractivity contribution in [2.24, 2.45) is 11.3 Å². The van der Waals surface area contributed by atoms with Gasteiger partial charge in [0.15, 0.2) is 17.3 Å². The number of Topliss-reactive ketones (excluding diaryl/α,β-unsaturated/α-hetero) is 1. The summed E-state index contributed by atoms with van der Waals surface area (Å²) in [6, 6.07) is 5.78. The van der Waals surface area contributed by atoms with Gasteiger partial charge in [0.05, 0.1) is 5.41 Å². The minimum atomic E-state index is -1.44. The van der Waals surface area contributed by atoms with E-state index in [9.17, 15) is 19.5 Å². The van der Waals surface area contributed by atoms with Crippen molar-refractivity contribution in [1.82, 2.24) is 0 Å². The fourth-order valence-corrected chi connectivity index (χ4v) is 3.78. The summed E-state index contributed by atoms with van der Waals surface area (Å²) in [5.41, 5.74) is 3.50. The van der Waals surface area contributed by atoms with Crippen LogP contribution in [0.3, 0.4) is 0 Å². The van der Waals surface area contributed by atoms with Crippen LogP contribution in [0.1, 0.15) is 56.2 Å². The maximum absolute atomic E-state index is 13.5. The third kappa shape index (κ3) is 5.57. The topological polar surface area (TPSA) is 71.4 Å². The number of aliphatic hydroxyl groups is 1. The summed E-state index contributed by atoms with van der Waals surface area (Å²) < 4.78 is 0. The molecule has 0 saturated carbocycles. The van der Waals surface area contributed by atoms with Crippen molar-refractivity contribution in [2.75, 3.05) is 0 Å². The van der Waals surface area contributed by atoms with Crippen LogP contribution < -0.4 is 0 Å². The number of allylic oxidation sites excluding steroid dienone is 5. The molecule has 2 rings (SSSR count). The number of aliphatic hydroxyl groups excluding tert-OH is 1. The third-order valence-electron chi connectivity index (χ3n) is 6.00. The van der Waals surface area contributed by atoms with Gasteiger partial charge >= 0.3 is 0 Å². The van der Waals surface area contributed by atoms with E-state index in [-0.39, 0.29) is 5.76 Å². The van der Waals surface area contributed by atoms with Crippen LogP contribution in [0.2, 0.25) is 0 Å². The van der Waals surface area contributed by atoms with Crippen LogP contribution in [0.4, 0.5) is 0 Å². The Hall–Kier alpha value is -3.01. The van der Waals surface area contributed by atoms with Crippen LogP contribution in [0, 0.1) is 25.2 Å². The number of carbonyl (C=O) groups excluding carboxylic acids is 3. The average molecular weight is 421 g/mol. The van der Waals surface area contributed by atoms with Gasteiger partial charge in [0.25, 0.3) is 0 Å². The van der Waals surface area contributed by atoms with Gasteiger partial charge in [-0.3, -0.25) is 14.4 Å². The molecular formula is C27H32O4. The van der Waals surface area contributed by atoms with Crippen molar-refractivity contribution in [3.63, 3.8) is 0 Å². The quantitative estimate of drug-likeness (QED) is 0.312. The first kappa shape index (κ1) is 24.3. The Balaban J connectivity index is 2.39. The fraction of sp³-hybridized carbons (Fsp3) is 0.370. The summed E-state index contributed by atoms with van der Waals surface area (Å²) in [7, 11) is 0. The van der Waals surface area contributed by atoms with Crippen LogP contribution in [0.15, 0.2) is 60.4 Å². The fourth-order valence-electron chi connectivity index (χ4n) is 3.78. The predicted molar refractivity (Wildman–Crippen MR) is 125 cm³/mol. The van der Waals surface area contributed by atoms with Crippen molar-refractivity contribution >= 4 is 23.4 Å². The standard InChI is InChI=1S/C27H32O4/c1-17(2)11-13-27(14-12-18(3)4)24(30)16-23(29)25(26(27)31)22(28)10-9-21-8-7-19(5)20(6)15-21/h7-10,15-16,25,30H,1,3,11-14H2,2,4-6H3. The highest BCUT2D eigenvalue weighted by Crippen LogP contribution is 2.44. The van der Waals surface area contributed by atoms with E-state index >= 15 is 0 Å². The lowest BCUT2D eigenvalue weighted by Gasteiger charge is -2.37. The highest BCUT2D eigenvalue weighted by molar-refractivity contribution is 6.28. The molecule has 0 heterocycles. The van der Waals surface area contributed by atoms with Crippen LogP contribution in [0.5, 0.6) is 0 Å². The van der Waals surface area contributed by atoms with Crippen LogP contribution >= 0.6 is 0 Å². The summed E-state index contributed by atoms with van der Waals surface area (Å²) in [6.07, 6.45) is 5.59. The second-order valence-electron chi connectivity index (χ2n) is 8.80. The van der Waals surface area contributed by atoms with Gasteiger partial charge in [0.1, 0.15) is 11.7 Å². The van der Waals surface area contributed by atoms with Crippen molar-refractivity contribution < 1.29 is 19.5 Å². The molecule has 4 nitrogen and oxygen atoms in total. The Labute approximate surface area is 185 Å². The number of benzene rings is 1. The maximum Gasteiger partial charge on any atom is 0.177 e. The molecule has 1 N–H and O–H groups in total. The minimum absolute atomic E-state index is 0.257. The molecule has 1 aliphatic carbocycles. The molecule has 1 atom stereocenters. The monoisotopic (exact) mass is 420 g/mol.